The number of aryl methyl sites for hydroxylation is 1. The number of thiophene rings is 1. The fourth-order valence-electron chi connectivity index (χ4n) is 4.93. The average molecular weight is 436 g/mol. The fraction of sp³-hybridized carbons (Fsp3) is 0.440. The number of aromatic nitrogens is 1. The first-order chi connectivity index (χ1) is 15.2. The minimum Gasteiger partial charge on any atom is -0.459 e. The van der Waals surface area contributed by atoms with Crippen molar-refractivity contribution in [3.05, 3.63) is 70.3 Å². The zero-order valence-electron chi connectivity index (χ0n) is 18.0. The Morgan fingerprint density at radius 2 is 2.06 bits per heavy atom. The molecule has 5 nitrogen and oxygen atoms in total. The van der Waals surface area contributed by atoms with E-state index in [2.05, 4.69) is 28.2 Å². The third-order valence-electron chi connectivity index (χ3n) is 6.64. The van der Waals surface area contributed by atoms with Gasteiger partial charge in [-0.1, -0.05) is 13.0 Å². The number of pyridine rings is 1. The van der Waals surface area contributed by atoms with Gasteiger partial charge in [-0.3, -0.25) is 14.7 Å². The second-order valence-corrected chi connectivity index (χ2v) is 9.90. The van der Waals surface area contributed by atoms with E-state index >= 15 is 0 Å². The van der Waals surface area contributed by atoms with Crippen molar-refractivity contribution < 1.29 is 9.21 Å². The zero-order chi connectivity index (χ0) is 21.2. The molecule has 4 heterocycles. The first-order valence-electron chi connectivity index (χ1n) is 11.3. The number of amides is 1. The Hall–Kier alpha value is -2.44. The number of piperidine rings is 1. The summed E-state index contributed by atoms with van der Waals surface area (Å²) in [6.07, 6.45) is 12.4. The number of anilines is 1. The largest absolute Gasteiger partial charge is 0.459 e. The molecule has 0 unspecified atom stereocenters. The van der Waals surface area contributed by atoms with Crippen LogP contribution in [0.15, 0.2) is 47.3 Å². The Labute approximate surface area is 187 Å². The highest BCUT2D eigenvalue weighted by molar-refractivity contribution is 7.16. The van der Waals surface area contributed by atoms with Gasteiger partial charge in [0.2, 0.25) is 0 Å². The quantitative estimate of drug-likeness (QED) is 0.559. The molecule has 31 heavy (non-hydrogen) atoms. The Morgan fingerprint density at radius 3 is 2.81 bits per heavy atom. The van der Waals surface area contributed by atoms with Crippen molar-refractivity contribution in [3.8, 4) is 0 Å². The second-order valence-electron chi connectivity index (χ2n) is 8.79. The molecule has 1 N–H and O–H groups in total. The van der Waals surface area contributed by atoms with Crippen molar-refractivity contribution in [2.24, 2.45) is 5.92 Å². The summed E-state index contributed by atoms with van der Waals surface area (Å²) < 4.78 is 5.35. The summed E-state index contributed by atoms with van der Waals surface area (Å²) >= 11 is 1.75. The van der Waals surface area contributed by atoms with Crippen LogP contribution in [0.1, 0.15) is 70.8 Å². The molecule has 1 fully saturated rings. The van der Waals surface area contributed by atoms with Crippen molar-refractivity contribution in [2.45, 2.75) is 51.5 Å². The number of fused-ring (bicyclic) bond motifs is 1. The number of furan rings is 1. The van der Waals surface area contributed by atoms with Crippen LogP contribution in [0.3, 0.4) is 0 Å². The molecule has 0 spiro atoms. The molecule has 0 saturated carbocycles. The van der Waals surface area contributed by atoms with Gasteiger partial charge in [-0.15, -0.1) is 11.3 Å². The summed E-state index contributed by atoms with van der Waals surface area (Å²) in [5.41, 5.74) is 3.93. The third-order valence-corrected chi connectivity index (χ3v) is 7.86. The van der Waals surface area contributed by atoms with Crippen LogP contribution in [0.5, 0.6) is 0 Å². The lowest BCUT2D eigenvalue weighted by Crippen LogP contribution is -2.37. The highest BCUT2D eigenvalue weighted by atomic mass is 32.1. The Kier molecular flexibility index (Phi) is 5.92. The molecule has 0 aromatic carbocycles. The molecule has 6 heteroatoms. The van der Waals surface area contributed by atoms with Crippen LogP contribution < -0.4 is 5.32 Å². The molecule has 5 rings (SSSR count). The molecule has 1 amide bonds. The van der Waals surface area contributed by atoms with Crippen molar-refractivity contribution in [1.82, 2.24) is 9.88 Å². The van der Waals surface area contributed by atoms with Gasteiger partial charge in [0, 0.05) is 22.8 Å². The summed E-state index contributed by atoms with van der Waals surface area (Å²) in [7, 11) is 0. The van der Waals surface area contributed by atoms with Gasteiger partial charge < -0.3 is 9.73 Å². The van der Waals surface area contributed by atoms with Crippen molar-refractivity contribution in [1.29, 1.82) is 0 Å². The number of nitrogens with one attached hydrogen (secondary N) is 1. The molecule has 1 atom stereocenters. The van der Waals surface area contributed by atoms with Crippen LogP contribution >= 0.6 is 11.3 Å². The van der Waals surface area contributed by atoms with Crippen LogP contribution in [0.4, 0.5) is 5.00 Å². The predicted octanol–water partition coefficient (Wildman–Crippen LogP) is 5.69. The second kappa shape index (κ2) is 8.97. The lowest BCUT2D eigenvalue weighted by Gasteiger charge is -2.38. The van der Waals surface area contributed by atoms with E-state index in [1.54, 1.807) is 29.7 Å². The number of hydrogen-bond donors (Lipinski definition) is 1. The van der Waals surface area contributed by atoms with E-state index in [-0.39, 0.29) is 11.9 Å². The molecule has 0 radical (unpaired) electrons. The Bertz CT molecular complexity index is 1020. The SMILES string of the molecule is CC1CCN([C@@H](c2cccnc2)c2c(NC(=O)c3ccco3)sc3c2CCCC3)CC1. The fourth-order valence-corrected chi connectivity index (χ4v) is 6.25. The molecule has 1 aliphatic carbocycles. The average Bonchev–Trinajstić information content (AvgIpc) is 3.45. The van der Waals surface area contributed by atoms with Gasteiger partial charge in [0.05, 0.1) is 12.3 Å². The lowest BCUT2D eigenvalue weighted by atomic mass is 9.87. The smallest absolute Gasteiger partial charge is 0.291 e. The van der Waals surface area contributed by atoms with E-state index in [0.29, 0.717) is 5.76 Å². The zero-order valence-corrected chi connectivity index (χ0v) is 18.8. The minimum absolute atomic E-state index is 0.117. The highest BCUT2D eigenvalue weighted by Crippen LogP contribution is 2.46. The van der Waals surface area contributed by atoms with Crippen molar-refractivity contribution >= 4 is 22.2 Å². The van der Waals surface area contributed by atoms with Gasteiger partial charge in [-0.2, -0.15) is 0 Å². The van der Waals surface area contributed by atoms with Gasteiger partial charge in [-0.05, 0) is 86.9 Å². The maximum absolute atomic E-state index is 12.9. The third kappa shape index (κ3) is 4.19. The van der Waals surface area contributed by atoms with Crippen LogP contribution in [0.2, 0.25) is 0 Å². The summed E-state index contributed by atoms with van der Waals surface area (Å²) in [5.74, 6) is 0.935. The molecule has 2 aliphatic rings. The van der Waals surface area contributed by atoms with Gasteiger partial charge >= 0.3 is 0 Å². The Morgan fingerprint density at radius 1 is 1.23 bits per heavy atom. The van der Waals surface area contributed by atoms with Crippen molar-refractivity contribution in [2.75, 3.05) is 18.4 Å². The number of carbonyl (C=O) groups excluding carboxylic acids is 1. The maximum atomic E-state index is 12.9. The number of nitrogens with zero attached hydrogens (tertiary/aromatic N) is 2. The summed E-state index contributed by atoms with van der Waals surface area (Å²) in [6, 6.07) is 7.79. The predicted molar refractivity (Wildman–Crippen MR) is 124 cm³/mol. The molecule has 3 aromatic rings. The van der Waals surface area contributed by atoms with Crippen LogP contribution in [-0.2, 0) is 12.8 Å². The molecule has 3 aromatic heterocycles. The molecule has 1 saturated heterocycles. The number of rotatable bonds is 5. The molecular formula is C25H29N3O2S. The van der Waals surface area contributed by atoms with Crippen LogP contribution in [0, 0.1) is 5.92 Å². The van der Waals surface area contributed by atoms with Gasteiger partial charge in [0.25, 0.3) is 5.91 Å². The first kappa shape index (κ1) is 20.5. The first-order valence-corrected chi connectivity index (χ1v) is 12.2. The molecule has 162 valence electrons. The lowest BCUT2D eigenvalue weighted by molar-refractivity contribution is 0.0996. The minimum atomic E-state index is -0.179. The van der Waals surface area contributed by atoms with Crippen molar-refractivity contribution in [3.63, 3.8) is 0 Å². The summed E-state index contributed by atoms with van der Waals surface area (Å²) in [6.45, 7) is 4.48. The number of likely N-dealkylation sites (tertiary alicyclic amines) is 1. The van der Waals surface area contributed by atoms with E-state index in [1.807, 2.05) is 18.5 Å². The van der Waals surface area contributed by atoms with Gasteiger partial charge in [0.15, 0.2) is 5.76 Å². The van der Waals surface area contributed by atoms with E-state index in [1.165, 1.54) is 47.3 Å². The van der Waals surface area contributed by atoms with E-state index in [4.69, 9.17) is 4.42 Å². The summed E-state index contributed by atoms with van der Waals surface area (Å²) in [5, 5.41) is 4.18. The van der Waals surface area contributed by atoms with E-state index in [9.17, 15) is 4.79 Å². The standard InChI is InChI=1S/C25H29N3O2S/c1-17-10-13-28(14-11-17)23(18-6-4-12-26-16-18)22-19-7-2-3-9-21(19)31-25(22)27-24(29)20-8-5-15-30-20/h4-6,8,12,15-17,23H,2-3,7,9-11,13-14H2,1H3,(H,27,29)/t23-/m0/s1. The summed E-state index contributed by atoms with van der Waals surface area (Å²) in [4.78, 5) is 21.4. The van der Waals surface area contributed by atoms with Crippen LogP contribution in [-0.4, -0.2) is 28.9 Å². The van der Waals surface area contributed by atoms with E-state index < -0.39 is 0 Å². The van der Waals surface area contributed by atoms with Gasteiger partial charge in [-0.25, -0.2) is 0 Å². The molecular weight excluding hydrogens is 406 g/mol. The van der Waals surface area contributed by atoms with Gasteiger partial charge in [0.1, 0.15) is 5.00 Å². The number of hydrogen-bond acceptors (Lipinski definition) is 5. The highest BCUT2D eigenvalue weighted by Gasteiger charge is 2.33. The molecule has 0 bridgehead atoms. The number of carbonyl (C=O) groups is 1. The Balaban J connectivity index is 1.59. The molecule has 1 aliphatic heterocycles. The topological polar surface area (TPSA) is 58.4 Å². The monoisotopic (exact) mass is 435 g/mol. The normalized spacial score (nSPS) is 18.5. The van der Waals surface area contributed by atoms with E-state index in [0.717, 1.165) is 36.9 Å². The maximum Gasteiger partial charge on any atom is 0.291 e. The van der Waals surface area contributed by atoms with Crippen LogP contribution in [0.25, 0.3) is 0 Å².